The van der Waals surface area contributed by atoms with Gasteiger partial charge in [-0.15, -0.1) is 10.2 Å². The van der Waals surface area contributed by atoms with Gasteiger partial charge >= 0.3 is 0 Å². The molecule has 0 aliphatic carbocycles. The Morgan fingerprint density at radius 1 is 1.17 bits per heavy atom. The Morgan fingerprint density at radius 2 is 2.00 bits per heavy atom. The summed E-state index contributed by atoms with van der Waals surface area (Å²) < 4.78 is 7.67. The summed E-state index contributed by atoms with van der Waals surface area (Å²) in [6.07, 6.45) is 5.99. The Hall–Kier alpha value is -0.630. The Balaban J connectivity index is 1.57. The summed E-state index contributed by atoms with van der Waals surface area (Å²) >= 11 is 1.94. The van der Waals surface area contributed by atoms with Crippen molar-refractivity contribution in [2.24, 2.45) is 7.05 Å². The first-order valence-electron chi connectivity index (χ1n) is 9.17. The van der Waals surface area contributed by atoms with E-state index in [1.165, 1.54) is 43.9 Å². The van der Waals surface area contributed by atoms with E-state index in [2.05, 4.69) is 37.9 Å². The summed E-state index contributed by atoms with van der Waals surface area (Å²) in [4.78, 5) is 5.02. The average molecular weight is 354 g/mol. The second kappa shape index (κ2) is 9.17. The first kappa shape index (κ1) is 18.2. The van der Waals surface area contributed by atoms with E-state index in [0.717, 1.165) is 45.2 Å². The zero-order valence-electron chi connectivity index (χ0n) is 15.1. The van der Waals surface area contributed by atoms with Gasteiger partial charge in [0.25, 0.3) is 0 Å². The largest absolute Gasteiger partial charge is 0.379 e. The molecule has 2 fully saturated rings. The first-order valence-corrected chi connectivity index (χ1v) is 10.6. The van der Waals surface area contributed by atoms with Crippen LogP contribution in [0.1, 0.15) is 36.8 Å². The zero-order valence-corrected chi connectivity index (χ0v) is 15.9. The molecule has 7 heteroatoms. The van der Waals surface area contributed by atoms with Crippen LogP contribution < -0.4 is 0 Å². The van der Waals surface area contributed by atoms with Crippen molar-refractivity contribution in [3.63, 3.8) is 0 Å². The second-order valence-electron chi connectivity index (χ2n) is 6.91. The molecule has 1 aromatic rings. The van der Waals surface area contributed by atoms with Crippen LogP contribution >= 0.6 is 11.8 Å². The van der Waals surface area contributed by atoms with Gasteiger partial charge in [0.1, 0.15) is 11.6 Å². The molecule has 0 N–H and O–H groups in total. The molecule has 1 aromatic heterocycles. The molecule has 0 bridgehead atoms. The van der Waals surface area contributed by atoms with Gasteiger partial charge in [0.05, 0.1) is 19.8 Å². The minimum absolute atomic E-state index is 0.531. The van der Waals surface area contributed by atoms with Crippen LogP contribution in [0.5, 0.6) is 0 Å². The van der Waals surface area contributed by atoms with Gasteiger partial charge in [0, 0.05) is 32.6 Å². The van der Waals surface area contributed by atoms with Crippen LogP contribution in [0.3, 0.4) is 0 Å². The van der Waals surface area contributed by atoms with Gasteiger partial charge in [-0.3, -0.25) is 4.90 Å². The molecule has 0 radical (unpaired) electrons. The van der Waals surface area contributed by atoms with Gasteiger partial charge in [0.15, 0.2) is 0 Å². The second-order valence-corrected chi connectivity index (χ2v) is 7.89. The highest BCUT2D eigenvalue weighted by Crippen LogP contribution is 2.26. The summed E-state index contributed by atoms with van der Waals surface area (Å²) in [5, 5.41) is 9.05. The van der Waals surface area contributed by atoms with Crippen molar-refractivity contribution in [3.05, 3.63) is 11.6 Å². The van der Waals surface area contributed by atoms with Gasteiger partial charge in [-0.25, -0.2) is 0 Å². The number of aromatic nitrogens is 3. The molecule has 6 nitrogen and oxygen atoms in total. The summed E-state index contributed by atoms with van der Waals surface area (Å²) in [6, 6.07) is 0. The van der Waals surface area contributed by atoms with Crippen LogP contribution in [-0.2, 0) is 18.3 Å². The standard InChI is InChI=1S/C17H31N5OS/c1-20-16(14-22-8-10-23-11-9-22)18-19-17(20)15-5-3-6-21(13-15)7-4-12-24-2/h15H,3-14H2,1-2H3/t15-/m1/s1. The van der Waals surface area contributed by atoms with Crippen LogP contribution in [0.2, 0.25) is 0 Å². The molecule has 2 aliphatic rings. The maximum absolute atomic E-state index is 5.43. The fraction of sp³-hybridized carbons (Fsp3) is 0.882. The topological polar surface area (TPSA) is 46.4 Å². The third-order valence-corrected chi connectivity index (χ3v) is 5.86. The fourth-order valence-electron chi connectivity index (χ4n) is 3.73. The minimum atomic E-state index is 0.531. The Labute approximate surface area is 149 Å². The van der Waals surface area contributed by atoms with Crippen molar-refractivity contribution < 1.29 is 4.74 Å². The number of thioether (sulfide) groups is 1. The molecular weight excluding hydrogens is 322 g/mol. The minimum Gasteiger partial charge on any atom is -0.379 e. The molecule has 0 aromatic carbocycles. The quantitative estimate of drug-likeness (QED) is 0.694. The molecule has 1 atom stereocenters. The molecule has 0 saturated carbocycles. The highest BCUT2D eigenvalue weighted by atomic mass is 32.2. The van der Waals surface area contributed by atoms with Crippen molar-refractivity contribution in [3.8, 4) is 0 Å². The molecule has 136 valence electrons. The molecule has 0 amide bonds. The predicted octanol–water partition coefficient (Wildman–Crippen LogP) is 1.58. The predicted molar refractivity (Wildman–Crippen MR) is 98.5 cm³/mol. The highest BCUT2D eigenvalue weighted by molar-refractivity contribution is 7.98. The number of ether oxygens (including phenoxy) is 1. The van der Waals surface area contributed by atoms with E-state index in [-0.39, 0.29) is 0 Å². The molecule has 3 rings (SSSR count). The molecule has 3 heterocycles. The van der Waals surface area contributed by atoms with E-state index in [9.17, 15) is 0 Å². The van der Waals surface area contributed by atoms with Crippen molar-refractivity contribution in [2.45, 2.75) is 31.7 Å². The van der Waals surface area contributed by atoms with E-state index in [1.807, 2.05) is 11.8 Å². The number of hydrogen-bond donors (Lipinski definition) is 0. The lowest BCUT2D eigenvalue weighted by Crippen LogP contribution is -2.37. The number of hydrogen-bond acceptors (Lipinski definition) is 6. The van der Waals surface area contributed by atoms with E-state index < -0.39 is 0 Å². The summed E-state index contributed by atoms with van der Waals surface area (Å²) in [5.41, 5.74) is 0. The third kappa shape index (κ3) is 4.71. The van der Waals surface area contributed by atoms with Crippen LogP contribution in [0, 0.1) is 0 Å². The molecule has 0 spiro atoms. The number of morpholine rings is 1. The van der Waals surface area contributed by atoms with Crippen molar-refractivity contribution in [1.29, 1.82) is 0 Å². The Morgan fingerprint density at radius 3 is 2.79 bits per heavy atom. The number of rotatable bonds is 7. The van der Waals surface area contributed by atoms with Crippen molar-refractivity contribution in [1.82, 2.24) is 24.6 Å². The van der Waals surface area contributed by atoms with Crippen LogP contribution in [0.25, 0.3) is 0 Å². The molecule has 2 saturated heterocycles. The van der Waals surface area contributed by atoms with Gasteiger partial charge < -0.3 is 14.2 Å². The summed E-state index contributed by atoms with van der Waals surface area (Å²) in [5.74, 6) is 4.05. The lowest BCUT2D eigenvalue weighted by atomic mass is 9.97. The van der Waals surface area contributed by atoms with Gasteiger partial charge in [-0.05, 0) is 44.4 Å². The van der Waals surface area contributed by atoms with Gasteiger partial charge in [0.2, 0.25) is 0 Å². The molecule has 0 unspecified atom stereocenters. The summed E-state index contributed by atoms with van der Waals surface area (Å²) in [7, 11) is 2.14. The lowest BCUT2D eigenvalue weighted by molar-refractivity contribution is 0.0326. The number of piperidine rings is 1. The first-order chi connectivity index (χ1) is 11.8. The Kier molecular flexibility index (Phi) is 6.95. The van der Waals surface area contributed by atoms with Crippen molar-refractivity contribution >= 4 is 11.8 Å². The van der Waals surface area contributed by atoms with Crippen LogP contribution in [0.15, 0.2) is 0 Å². The van der Waals surface area contributed by atoms with Gasteiger partial charge in [-0.1, -0.05) is 0 Å². The maximum atomic E-state index is 5.43. The van der Waals surface area contributed by atoms with Crippen LogP contribution in [-0.4, -0.2) is 82.5 Å². The average Bonchev–Trinajstić information content (AvgIpc) is 2.97. The lowest BCUT2D eigenvalue weighted by Gasteiger charge is -2.32. The van der Waals surface area contributed by atoms with Gasteiger partial charge in [-0.2, -0.15) is 11.8 Å². The molecule has 2 aliphatic heterocycles. The van der Waals surface area contributed by atoms with Crippen LogP contribution in [0.4, 0.5) is 0 Å². The third-order valence-electron chi connectivity index (χ3n) is 5.16. The SMILES string of the molecule is CSCCCN1CCC[C@@H](c2nnc(CN3CCOCC3)n2C)C1. The van der Waals surface area contributed by atoms with E-state index >= 15 is 0 Å². The van der Waals surface area contributed by atoms with Crippen molar-refractivity contribution in [2.75, 3.05) is 57.9 Å². The van der Waals surface area contributed by atoms with E-state index in [4.69, 9.17) is 4.74 Å². The zero-order chi connectivity index (χ0) is 16.8. The smallest absolute Gasteiger partial charge is 0.146 e. The van der Waals surface area contributed by atoms with E-state index in [1.54, 1.807) is 0 Å². The molecular formula is C17H31N5OS. The molecule has 24 heavy (non-hydrogen) atoms. The van der Waals surface area contributed by atoms with E-state index in [0.29, 0.717) is 5.92 Å². The Bertz CT molecular complexity index is 503. The number of likely N-dealkylation sites (tertiary alicyclic amines) is 1. The number of nitrogens with zero attached hydrogens (tertiary/aromatic N) is 5. The fourth-order valence-corrected chi connectivity index (χ4v) is 4.15. The maximum Gasteiger partial charge on any atom is 0.146 e. The normalized spacial score (nSPS) is 23.7. The summed E-state index contributed by atoms with van der Waals surface area (Å²) in [6.45, 7) is 8.13. The highest BCUT2D eigenvalue weighted by Gasteiger charge is 2.26. The monoisotopic (exact) mass is 353 g/mol.